The standard InChI is InChI=1S/C21H21FN4O3S/c1-26(2)30(28,29)18-10-7-15(8-11-18)21(27)25-17-9-12-20(24-14-17)23-13-16-5-3-4-6-19(16)22/h3-12,14H,13H2,1-2H3,(H,23,24)(H,25,27). The Morgan fingerprint density at radius 2 is 1.73 bits per heavy atom. The first-order valence-corrected chi connectivity index (χ1v) is 10.5. The molecule has 1 amide bonds. The Kier molecular flexibility index (Phi) is 6.43. The number of carbonyl (C=O) groups excluding carboxylic acids is 1. The fourth-order valence-corrected chi connectivity index (χ4v) is 3.49. The Hall–Kier alpha value is -3.30. The number of benzene rings is 2. The van der Waals surface area contributed by atoms with Crippen molar-refractivity contribution in [3.8, 4) is 0 Å². The molecule has 0 unspecified atom stereocenters. The van der Waals surface area contributed by atoms with E-state index in [0.29, 0.717) is 22.6 Å². The first-order valence-electron chi connectivity index (χ1n) is 9.04. The molecule has 2 N–H and O–H groups in total. The minimum atomic E-state index is -3.55. The van der Waals surface area contributed by atoms with Gasteiger partial charge < -0.3 is 10.6 Å². The summed E-state index contributed by atoms with van der Waals surface area (Å²) in [5.41, 5.74) is 1.31. The van der Waals surface area contributed by atoms with Crippen molar-refractivity contribution in [2.24, 2.45) is 0 Å². The van der Waals surface area contributed by atoms with Crippen molar-refractivity contribution in [3.63, 3.8) is 0 Å². The second-order valence-corrected chi connectivity index (χ2v) is 8.79. The zero-order valence-corrected chi connectivity index (χ0v) is 17.3. The van der Waals surface area contributed by atoms with Crippen LogP contribution in [-0.2, 0) is 16.6 Å². The summed E-state index contributed by atoms with van der Waals surface area (Å²) in [7, 11) is -0.666. The van der Waals surface area contributed by atoms with E-state index in [1.807, 2.05) is 0 Å². The Morgan fingerprint density at radius 1 is 1.03 bits per heavy atom. The maximum absolute atomic E-state index is 13.6. The maximum atomic E-state index is 13.6. The molecule has 1 aromatic heterocycles. The van der Waals surface area contributed by atoms with Gasteiger partial charge in [-0.15, -0.1) is 0 Å². The molecule has 30 heavy (non-hydrogen) atoms. The predicted octanol–water partition coefficient (Wildman–Crippen LogP) is 3.34. The number of amides is 1. The van der Waals surface area contributed by atoms with Gasteiger partial charge in [-0.3, -0.25) is 4.79 Å². The normalized spacial score (nSPS) is 11.3. The lowest BCUT2D eigenvalue weighted by Gasteiger charge is -2.12. The first-order chi connectivity index (χ1) is 14.3. The summed E-state index contributed by atoms with van der Waals surface area (Å²) in [5, 5.41) is 5.72. The van der Waals surface area contributed by atoms with Crippen LogP contribution in [0.5, 0.6) is 0 Å². The van der Waals surface area contributed by atoms with Gasteiger partial charge in [0.05, 0.1) is 16.8 Å². The van der Waals surface area contributed by atoms with Crippen LogP contribution < -0.4 is 10.6 Å². The number of carbonyl (C=O) groups is 1. The SMILES string of the molecule is CN(C)S(=O)(=O)c1ccc(C(=O)Nc2ccc(NCc3ccccc3F)nc2)cc1. The van der Waals surface area contributed by atoms with Crippen LogP contribution in [0.25, 0.3) is 0 Å². The summed E-state index contributed by atoms with van der Waals surface area (Å²) in [6.45, 7) is 0.285. The lowest BCUT2D eigenvalue weighted by molar-refractivity contribution is 0.102. The van der Waals surface area contributed by atoms with Crippen LogP contribution in [0, 0.1) is 5.82 Å². The van der Waals surface area contributed by atoms with E-state index >= 15 is 0 Å². The number of sulfonamides is 1. The van der Waals surface area contributed by atoms with Gasteiger partial charge in [0, 0.05) is 31.8 Å². The Balaban J connectivity index is 1.61. The van der Waals surface area contributed by atoms with Gasteiger partial charge in [0.15, 0.2) is 0 Å². The highest BCUT2D eigenvalue weighted by Gasteiger charge is 2.17. The zero-order chi connectivity index (χ0) is 21.7. The number of nitrogens with one attached hydrogen (secondary N) is 2. The van der Waals surface area contributed by atoms with E-state index in [2.05, 4.69) is 15.6 Å². The van der Waals surface area contributed by atoms with Gasteiger partial charge in [0.25, 0.3) is 5.91 Å². The topological polar surface area (TPSA) is 91.4 Å². The third-order valence-electron chi connectivity index (χ3n) is 4.33. The minimum Gasteiger partial charge on any atom is -0.366 e. The highest BCUT2D eigenvalue weighted by Crippen LogP contribution is 2.16. The second-order valence-electron chi connectivity index (χ2n) is 6.64. The molecule has 0 fully saturated rings. The minimum absolute atomic E-state index is 0.107. The molecule has 0 saturated carbocycles. The van der Waals surface area contributed by atoms with E-state index in [0.717, 1.165) is 4.31 Å². The summed E-state index contributed by atoms with van der Waals surface area (Å²) in [6.07, 6.45) is 1.48. The molecule has 3 aromatic rings. The van der Waals surface area contributed by atoms with Gasteiger partial charge in [-0.1, -0.05) is 18.2 Å². The maximum Gasteiger partial charge on any atom is 0.255 e. The highest BCUT2D eigenvalue weighted by atomic mass is 32.2. The first kappa shape index (κ1) is 21.4. The molecule has 0 bridgehead atoms. The molecule has 0 spiro atoms. The lowest BCUT2D eigenvalue weighted by Crippen LogP contribution is -2.22. The molecule has 2 aromatic carbocycles. The van der Waals surface area contributed by atoms with Crippen molar-refractivity contribution in [1.29, 1.82) is 0 Å². The number of aromatic nitrogens is 1. The fourth-order valence-electron chi connectivity index (χ4n) is 2.59. The number of anilines is 2. The van der Waals surface area contributed by atoms with E-state index in [9.17, 15) is 17.6 Å². The Morgan fingerprint density at radius 3 is 2.33 bits per heavy atom. The number of nitrogens with zero attached hydrogens (tertiary/aromatic N) is 2. The van der Waals surface area contributed by atoms with Crippen LogP contribution in [0.1, 0.15) is 15.9 Å². The lowest BCUT2D eigenvalue weighted by atomic mass is 10.2. The van der Waals surface area contributed by atoms with Crippen LogP contribution >= 0.6 is 0 Å². The Bertz CT molecular complexity index is 1130. The largest absolute Gasteiger partial charge is 0.366 e. The van der Waals surface area contributed by atoms with Gasteiger partial charge >= 0.3 is 0 Å². The van der Waals surface area contributed by atoms with Gasteiger partial charge in [0.2, 0.25) is 10.0 Å². The van der Waals surface area contributed by atoms with Gasteiger partial charge in [-0.25, -0.2) is 22.1 Å². The third kappa shape index (κ3) is 5.00. The summed E-state index contributed by atoms with van der Waals surface area (Å²) >= 11 is 0. The molecular formula is C21H21FN4O3S. The van der Waals surface area contributed by atoms with Gasteiger partial charge in [-0.2, -0.15) is 0 Å². The van der Waals surface area contributed by atoms with Crippen molar-refractivity contribution >= 4 is 27.4 Å². The molecule has 0 aliphatic heterocycles. The summed E-state index contributed by atoms with van der Waals surface area (Å²) in [4.78, 5) is 16.7. The molecule has 0 aliphatic carbocycles. The monoisotopic (exact) mass is 428 g/mol. The molecule has 0 aliphatic rings. The van der Waals surface area contributed by atoms with E-state index in [-0.39, 0.29) is 17.3 Å². The molecule has 3 rings (SSSR count). The van der Waals surface area contributed by atoms with Crippen LogP contribution in [0.4, 0.5) is 15.9 Å². The average Bonchev–Trinajstić information content (AvgIpc) is 2.74. The van der Waals surface area contributed by atoms with Crippen LogP contribution in [0.15, 0.2) is 71.8 Å². The summed E-state index contributed by atoms with van der Waals surface area (Å²) in [6, 6.07) is 15.5. The molecule has 9 heteroatoms. The number of halogens is 1. The highest BCUT2D eigenvalue weighted by molar-refractivity contribution is 7.89. The second kappa shape index (κ2) is 9.02. The molecule has 0 radical (unpaired) electrons. The third-order valence-corrected chi connectivity index (χ3v) is 6.16. The zero-order valence-electron chi connectivity index (χ0n) is 16.5. The summed E-state index contributed by atoms with van der Waals surface area (Å²) < 4.78 is 38.9. The van der Waals surface area contributed by atoms with Crippen molar-refractivity contribution in [2.45, 2.75) is 11.4 Å². The van der Waals surface area contributed by atoms with E-state index in [4.69, 9.17) is 0 Å². The van der Waals surface area contributed by atoms with Crippen molar-refractivity contribution in [2.75, 3.05) is 24.7 Å². The Labute approximate surface area is 174 Å². The van der Waals surface area contributed by atoms with Crippen molar-refractivity contribution in [1.82, 2.24) is 9.29 Å². The van der Waals surface area contributed by atoms with Crippen LogP contribution in [0.3, 0.4) is 0 Å². The molecular weight excluding hydrogens is 407 g/mol. The molecule has 1 heterocycles. The van der Waals surface area contributed by atoms with Crippen LogP contribution in [0.2, 0.25) is 0 Å². The smallest absolute Gasteiger partial charge is 0.255 e. The van der Waals surface area contributed by atoms with Crippen molar-refractivity contribution < 1.29 is 17.6 Å². The molecule has 0 atom stereocenters. The molecule has 0 saturated heterocycles. The van der Waals surface area contributed by atoms with E-state index in [1.165, 1.54) is 50.6 Å². The molecule has 7 nitrogen and oxygen atoms in total. The fraction of sp³-hybridized carbons (Fsp3) is 0.143. The molecule has 156 valence electrons. The average molecular weight is 428 g/mol. The number of pyridine rings is 1. The predicted molar refractivity (Wildman–Crippen MR) is 113 cm³/mol. The van der Waals surface area contributed by atoms with Crippen molar-refractivity contribution in [3.05, 3.63) is 83.8 Å². The number of hydrogen-bond acceptors (Lipinski definition) is 5. The van der Waals surface area contributed by atoms with Crippen LogP contribution in [-0.4, -0.2) is 37.7 Å². The van der Waals surface area contributed by atoms with E-state index in [1.54, 1.807) is 30.3 Å². The summed E-state index contributed by atoms with van der Waals surface area (Å²) in [5.74, 6) is -0.148. The number of hydrogen-bond donors (Lipinski definition) is 2. The van der Waals surface area contributed by atoms with Gasteiger partial charge in [-0.05, 0) is 42.5 Å². The number of rotatable bonds is 7. The van der Waals surface area contributed by atoms with Gasteiger partial charge in [0.1, 0.15) is 11.6 Å². The quantitative estimate of drug-likeness (QED) is 0.602. The van der Waals surface area contributed by atoms with E-state index < -0.39 is 15.9 Å².